The lowest BCUT2D eigenvalue weighted by atomic mass is 9.83. The van der Waals surface area contributed by atoms with Crippen LogP contribution in [0.15, 0.2) is 0 Å². The summed E-state index contributed by atoms with van der Waals surface area (Å²) >= 11 is 0. The van der Waals surface area contributed by atoms with Gasteiger partial charge in [0.2, 0.25) is 0 Å². The third kappa shape index (κ3) is 4.43. The van der Waals surface area contributed by atoms with E-state index < -0.39 is 0 Å². The first-order valence-electron chi connectivity index (χ1n) is 6.11. The Morgan fingerprint density at radius 3 is 2.07 bits per heavy atom. The zero-order chi connectivity index (χ0) is 11.0. The summed E-state index contributed by atoms with van der Waals surface area (Å²) in [6.45, 7) is 6.05. The van der Waals surface area contributed by atoms with Crippen LogP contribution in [0.5, 0.6) is 0 Å². The Kier molecular flexibility index (Phi) is 8.20. The number of rotatable bonds is 3. The fourth-order valence-corrected chi connectivity index (χ4v) is 2.05. The van der Waals surface area contributed by atoms with Gasteiger partial charge < -0.3 is 10.4 Å². The standard InChI is InChI=1S/C10H21NO.C2H6/c1-8(11-2)10(12)9-6-4-3-5-7-9;1-2/h8-12H,3-7H2,1-2H3;1-2H3/t8?,10-;/m0./s1. The predicted octanol–water partition coefficient (Wildman–Crippen LogP) is 2.56. The Morgan fingerprint density at radius 2 is 1.64 bits per heavy atom. The Hall–Kier alpha value is -0.0800. The second kappa shape index (κ2) is 8.25. The van der Waals surface area contributed by atoms with E-state index in [9.17, 15) is 5.11 Å². The van der Waals surface area contributed by atoms with E-state index in [1.807, 2.05) is 20.9 Å². The Morgan fingerprint density at radius 1 is 1.14 bits per heavy atom. The average Bonchev–Trinajstić information content (AvgIpc) is 2.31. The highest BCUT2D eigenvalue weighted by Crippen LogP contribution is 2.27. The van der Waals surface area contributed by atoms with Crippen molar-refractivity contribution >= 4 is 0 Å². The lowest BCUT2D eigenvalue weighted by Gasteiger charge is -2.30. The van der Waals surface area contributed by atoms with Gasteiger partial charge in [-0.05, 0) is 32.7 Å². The van der Waals surface area contributed by atoms with Crippen LogP contribution in [-0.4, -0.2) is 24.3 Å². The van der Waals surface area contributed by atoms with Gasteiger partial charge in [0.25, 0.3) is 0 Å². The predicted molar refractivity (Wildman–Crippen MR) is 62.5 cm³/mol. The van der Waals surface area contributed by atoms with Crippen LogP contribution < -0.4 is 5.32 Å². The zero-order valence-corrected chi connectivity index (χ0v) is 10.2. The summed E-state index contributed by atoms with van der Waals surface area (Å²) in [4.78, 5) is 0. The molecule has 1 fully saturated rings. The van der Waals surface area contributed by atoms with E-state index in [-0.39, 0.29) is 12.1 Å². The molecule has 0 aromatic carbocycles. The molecule has 2 N–H and O–H groups in total. The van der Waals surface area contributed by atoms with Crippen LogP contribution in [0, 0.1) is 5.92 Å². The van der Waals surface area contributed by atoms with Gasteiger partial charge in [-0.2, -0.15) is 0 Å². The highest BCUT2D eigenvalue weighted by molar-refractivity contribution is 4.79. The minimum atomic E-state index is -0.143. The van der Waals surface area contributed by atoms with Crippen LogP contribution in [0.2, 0.25) is 0 Å². The van der Waals surface area contributed by atoms with Crippen LogP contribution in [0.25, 0.3) is 0 Å². The highest BCUT2D eigenvalue weighted by Gasteiger charge is 2.24. The smallest absolute Gasteiger partial charge is 0.0718 e. The number of aliphatic hydroxyl groups is 1. The van der Waals surface area contributed by atoms with Crippen molar-refractivity contribution in [2.45, 2.75) is 65.0 Å². The Bertz CT molecular complexity index is 121. The second-order valence-corrected chi connectivity index (χ2v) is 3.97. The second-order valence-electron chi connectivity index (χ2n) is 3.97. The summed E-state index contributed by atoms with van der Waals surface area (Å²) in [5.41, 5.74) is 0. The van der Waals surface area contributed by atoms with E-state index in [1.54, 1.807) is 0 Å². The molecule has 0 aliphatic heterocycles. The maximum Gasteiger partial charge on any atom is 0.0718 e. The van der Waals surface area contributed by atoms with E-state index in [2.05, 4.69) is 12.2 Å². The number of likely N-dealkylation sites (N-methyl/N-ethyl adjacent to an activating group) is 1. The van der Waals surface area contributed by atoms with Crippen LogP contribution >= 0.6 is 0 Å². The summed E-state index contributed by atoms with van der Waals surface area (Å²) in [5, 5.41) is 13.0. The summed E-state index contributed by atoms with van der Waals surface area (Å²) in [7, 11) is 1.91. The molecule has 0 spiro atoms. The van der Waals surface area contributed by atoms with E-state index in [0.29, 0.717) is 5.92 Å². The zero-order valence-electron chi connectivity index (χ0n) is 10.2. The van der Waals surface area contributed by atoms with E-state index >= 15 is 0 Å². The van der Waals surface area contributed by atoms with Crippen molar-refractivity contribution in [1.29, 1.82) is 0 Å². The van der Waals surface area contributed by atoms with Gasteiger partial charge in [-0.3, -0.25) is 0 Å². The molecule has 1 aliphatic carbocycles. The normalized spacial score (nSPS) is 22.1. The number of nitrogens with one attached hydrogen (secondary N) is 1. The molecule has 14 heavy (non-hydrogen) atoms. The van der Waals surface area contributed by atoms with Gasteiger partial charge in [0, 0.05) is 6.04 Å². The molecular formula is C12H27NO. The van der Waals surface area contributed by atoms with Crippen molar-refractivity contribution in [3.05, 3.63) is 0 Å². The third-order valence-corrected chi connectivity index (χ3v) is 3.10. The number of aliphatic hydroxyl groups excluding tert-OH is 1. The van der Waals surface area contributed by atoms with Crippen LogP contribution in [0.4, 0.5) is 0 Å². The van der Waals surface area contributed by atoms with E-state index in [1.165, 1.54) is 32.1 Å². The van der Waals surface area contributed by atoms with Gasteiger partial charge >= 0.3 is 0 Å². The number of hydrogen-bond donors (Lipinski definition) is 2. The molecule has 1 aliphatic rings. The van der Waals surface area contributed by atoms with Crippen molar-refractivity contribution in [2.24, 2.45) is 5.92 Å². The van der Waals surface area contributed by atoms with Gasteiger partial charge in [-0.25, -0.2) is 0 Å². The molecule has 2 nitrogen and oxygen atoms in total. The topological polar surface area (TPSA) is 32.3 Å². The molecule has 2 heteroatoms. The van der Waals surface area contributed by atoms with Gasteiger partial charge in [0.05, 0.1) is 6.10 Å². The molecule has 0 saturated heterocycles. The van der Waals surface area contributed by atoms with Crippen molar-refractivity contribution in [3.8, 4) is 0 Å². The molecule has 0 aromatic rings. The summed E-state index contributed by atoms with van der Waals surface area (Å²) in [5.74, 6) is 0.543. The SMILES string of the molecule is CC.CNC(C)[C@H](O)C1CCCCC1. The summed E-state index contributed by atoms with van der Waals surface area (Å²) < 4.78 is 0. The first-order valence-corrected chi connectivity index (χ1v) is 6.11. The van der Waals surface area contributed by atoms with Gasteiger partial charge in [-0.1, -0.05) is 33.1 Å². The minimum absolute atomic E-state index is 0.143. The first kappa shape index (κ1) is 13.9. The average molecular weight is 201 g/mol. The van der Waals surface area contributed by atoms with Gasteiger partial charge in [0.15, 0.2) is 0 Å². The largest absolute Gasteiger partial charge is 0.391 e. The minimum Gasteiger partial charge on any atom is -0.391 e. The molecule has 0 amide bonds. The van der Waals surface area contributed by atoms with Crippen molar-refractivity contribution in [2.75, 3.05) is 7.05 Å². The quantitative estimate of drug-likeness (QED) is 0.735. The molecule has 1 rings (SSSR count). The molecule has 0 aromatic heterocycles. The van der Waals surface area contributed by atoms with Crippen molar-refractivity contribution < 1.29 is 5.11 Å². The fraction of sp³-hybridized carbons (Fsp3) is 1.00. The maximum atomic E-state index is 9.88. The fourth-order valence-electron chi connectivity index (χ4n) is 2.05. The van der Waals surface area contributed by atoms with Crippen LogP contribution in [-0.2, 0) is 0 Å². The van der Waals surface area contributed by atoms with Gasteiger partial charge in [-0.15, -0.1) is 0 Å². The monoisotopic (exact) mass is 201 g/mol. The molecule has 2 atom stereocenters. The van der Waals surface area contributed by atoms with E-state index in [4.69, 9.17) is 0 Å². The van der Waals surface area contributed by atoms with Crippen LogP contribution in [0.3, 0.4) is 0 Å². The molecule has 0 heterocycles. The van der Waals surface area contributed by atoms with Crippen molar-refractivity contribution in [1.82, 2.24) is 5.32 Å². The highest BCUT2D eigenvalue weighted by atomic mass is 16.3. The lowest BCUT2D eigenvalue weighted by Crippen LogP contribution is -2.40. The molecule has 86 valence electrons. The molecule has 1 unspecified atom stereocenters. The van der Waals surface area contributed by atoms with Crippen molar-refractivity contribution in [3.63, 3.8) is 0 Å². The summed E-state index contributed by atoms with van der Waals surface area (Å²) in [6.07, 6.45) is 6.25. The molecule has 0 radical (unpaired) electrons. The van der Waals surface area contributed by atoms with Crippen LogP contribution in [0.1, 0.15) is 52.9 Å². The Labute approximate surface area is 89.1 Å². The summed E-state index contributed by atoms with van der Waals surface area (Å²) in [6, 6.07) is 0.244. The lowest BCUT2D eigenvalue weighted by molar-refractivity contribution is 0.0580. The maximum absolute atomic E-state index is 9.88. The Balaban J connectivity index is 0.000000791. The molecular weight excluding hydrogens is 174 g/mol. The van der Waals surface area contributed by atoms with E-state index in [0.717, 1.165) is 0 Å². The molecule has 0 bridgehead atoms. The number of hydrogen-bond acceptors (Lipinski definition) is 2. The van der Waals surface area contributed by atoms with Gasteiger partial charge in [0.1, 0.15) is 0 Å². The first-order chi connectivity index (χ1) is 6.75. The molecule has 1 saturated carbocycles. The third-order valence-electron chi connectivity index (χ3n) is 3.10.